The van der Waals surface area contributed by atoms with Gasteiger partial charge < -0.3 is 21.1 Å². The number of anilines is 1. The molecule has 0 bridgehead atoms. The summed E-state index contributed by atoms with van der Waals surface area (Å²) in [6, 6.07) is 4.30. The maximum Gasteiger partial charge on any atom is 0.254 e. The normalized spacial score (nSPS) is 11.8. The summed E-state index contributed by atoms with van der Waals surface area (Å²) in [4.78, 5) is 23.7. The molecule has 1 atom stereocenters. The number of carbonyl (C=O) groups excluding carboxylic acids is 2. The molecule has 0 aromatic heterocycles. The van der Waals surface area contributed by atoms with Gasteiger partial charge in [0.1, 0.15) is 6.04 Å². The second kappa shape index (κ2) is 7.86. The van der Waals surface area contributed by atoms with Crippen LogP contribution in [0.3, 0.4) is 0 Å². The summed E-state index contributed by atoms with van der Waals surface area (Å²) in [6.07, 6.45) is 0. The standard InChI is InChI=1S/C13H18BrN3O3/c1-8(12(18)16-5-6-20-2)17-13(19)10-4-3-9(14)7-11(10)15/h3-4,7-8H,5-6,15H2,1-2H3,(H,16,18)(H,17,19). The highest BCUT2D eigenvalue weighted by molar-refractivity contribution is 9.10. The second-order valence-corrected chi connectivity index (χ2v) is 5.13. The fourth-order valence-electron chi connectivity index (χ4n) is 1.51. The molecule has 1 rings (SSSR count). The molecule has 0 spiro atoms. The monoisotopic (exact) mass is 343 g/mol. The van der Waals surface area contributed by atoms with Gasteiger partial charge in [0.25, 0.3) is 5.91 Å². The summed E-state index contributed by atoms with van der Waals surface area (Å²) in [7, 11) is 1.55. The average Bonchev–Trinajstić information content (AvgIpc) is 2.38. The zero-order valence-electron chi connectivity index (χ0n) is 11.4. The number of rotatable bonds is 6. The molecule has 2 amide bonds. The number of nitrogens with one attached hydrogen (secondary N) is 2. The van der Waals surface area contributed by atoms with Crippen LogP contribution in [0.15, 0.2) is 22.7 Å². The number of amides is 2. The van der Waals surface area contributed by atoms with E-state index in [1.54, 1.807) is 32.2 Å². The van der Waals surface area contributed by atoms with Gasteiger partial charge in [-0.15, -0.1) is 0 Å². The Kier molecular flexibility index (Phi) is 6.47. The Balaban J connectivity index is 2.58. The van der Waals surface area contributed by atoms with Crippen LogP contribution in [0.5, 0.6) is 0 Å². The van der Waals surface area contributed by atoms with Crippen molar-refractivity contribution >= 4 is 33.4 Å². The van der Waals surface area contributed by atoms with E-state index in [4.69, 9.17) is 10.5 Å². The molecule has 6 nitrogen and oxygen atoms in total. The van der Waals surface area contributed by atoms with Gasteiger partial charge in [0.15, 0.2) is 0 Å². The third-order valence-electron chi connectivity index (χ3n) is 2.60. The van der Waals surface area contributed by atoms with Crippen molar-refractivity contribution in [2.75, 3.05) is 26.0 Å². The molecule has 0 fully saturated rings. The fourth-order valence-corrected chi connectivity index (χ4v) is 1.89. The topological polar surface area (TPSA) is 93.5 Å². The van der Waals surface area contributed by atoms with Crippen LogP contribution >= 0.6 is 15.9 Å². The summed E-state index contributed by atoms with van der Waals surface area (Å²) in [5.74, 6) is -0.657. The predicted molar refractivity (Wildman–Crippen MR) is 80.4 cm³/mol. The van der Waals surface area contributed by atoms with Crippen LogP contribution in [-0.4, -0.2) is 38.1 Å². The molecular formula is C13H18BrN3O3. The number of nitrogen functional groups attached to an aromatic ring is 1. The van der Waals surface area contributed by atoms with E-state index in [9.17, 15) is 9.59 Å². The zero-order valence-corrected chi connectivity index (χ0v) is 13.0. The fraction of sp³-hybridized carbons (Fsp3) is 0.385. The highest BCUT2D eigenvalue weighted by Gasteiger charge is 2.17. The van der Waals surface area contributed by atoms with E-state index in [2.05, 4.69) is 26.6 Å². The Bertz CT molecular complexity index is 494. The molecule has 0 aliphatic carbocycles. The predicted octanol–water partition coefficient (Wildman–Crippen LogP) is 0.912. The minimum absolute atomic E-state index is 0.272. The number of benzene rings is 1. The van der Waals surface area contributed by atoms with E-state index < -0.39 is 6.04 Å². The summed E-state index contributed by atoms with van der Waals surface area (Å²) in [5, 5.41) is 5.24. The third kappa shape index (κ3) is 4.82. The number of ether oxygens (including phenoxy) is 1. The molecule has 0 saturated heterocycles. The molecule has 0 radical (unpaired) electrons. The largest absolute Gasteiger partial charge is 0.398 e. The third-order valence-corrected chi connectivity index (χ3v) is 3.10. The van der Waals surface area contributed by atoms with E-state index >= 15 is 0 Å². The van der Waals surface area contributed by atoms with Gasteiger partial charge in [-0.3, -0.25) is 9.59 Å². The van der Waals surface area contributed by atoms with E-state index in [-0.39, 0.29) is 11.8 Å². The maximum absolute atomic E-state index is 12.0. The highest BCUT2D eigenvalue weighted by Crippen LogP contribution is 2.18. The lowest BCUT2D eigenvalue weighted by Crippen LogP contribution is -2.45. The summed E-state index contributed by atoms with van der Waals surface area (Å²) >= 11 is 3.27. The lowest BCUT2D eigenvalue weighted by molar-refractivity contribution is -0.122. The Morgan fingerprint density at radius 3 is 2.75 bits per heavy atom. The molecule has 0 heterocycles. The highest BCUT2D eigenvalue weighted by atomic mass is 79.9. The molecule has 0 saturated carbocycles. The molecule has 4 N–H and O–H groups in total. The van der Waals surface area contributed by atoms with Gasteiger partial charge in [-0.25, -0.2) is 0 Å². The van der Waals surface area contributed by atoms with Gasteiger partial charge in [-0.1, -0.05) is 15.9 Å². The molecule has 1 aromatic carbocycles. The minimum Gasteiger partial charge on any atom is -0.398 e. The molecule has 20 heavy (non-hydrogen) atoms. The van der Waals surface area contributed by atoms with Crippen LogP contribution in [0.4, 0.5) is 5.69 Å². The Hall–Kier alpha value is -1.60. The number of carbonyl (C=O) groups is 2. The van der Waals surface area contributed by atoms with Gasteiger partial charge in [0, 0.05) is 23.8 Å². The number of halogens is 1. The Morgan fingerprint density at radius 2 is 2.15 bits per heavy atom. The van der Waals surface area contributed by atoms with E-state index in [1.165, 1.54) is 0 Å². The first-order valence-electron chi connectivity index (χ1n) is 6.08. The number of hydrogen-bond acceptors (Lipinski definition) is 4. The van der Waals surface area contributed by atoms with Crippen LogP contribution in [0, 0.1) is 0 Å². The van der Waals surface area contributed by atoms with Gasteiger partial charge in [-0.05, 0) is 25.1 Å². The van der Waals surface area contributed by atoms with Crippen molar-refractivity contribution in [2.24, 2.45) is 0 Å². The first-order valence-corrected chi connectivity index (χ1v) is 6.87. The molecule has 0 aliphatic rings. The van der Waals surface area contributed by atoms with E-state index in [0.717, 1.165) is 4.47 Å². The van der Waals surface area contributed by atoms with Crippen molar-refractivity contribution < 1.29 is 14.3 Å². The van der Waals surface area contributed by atoms with E-state index in [0.29, 0.717) is 24.4 Å². The van der Waals surface area contributed by atoms with Crippen LogP contribution in [0.1, 0.15) is 17.3 Å². The smallest absolute Gasteiger partial charge is 0.254 e. The summed E-state index contributed by atoms with van der Waals surface area (Å²) in [5.41, 5.74) is 6.45. The second-order valence-electron chi connectivity index (χ2n) is 4.21. The van der Waals surface area contributed by atoms with Crippen LogP contribution < -0.4 is 16.4 Å². The maximum atomic E-state index is 12.0. The van der Waals surface area contributed by atoms with Gasteiger partial charge in [0.2, 0.25) is 5.91 Å². The zero-order chi connectivity index (χ0) is 15.1. The quantitative estimate of drug-likeness (QED) is 0.528. The van der Waals surface area contributed by atoms with Crippen molar-refractivity contribution in [3.05, 3.63) is 28.2 Å². The molecule has 110 valence electrons. The molecular weight excluding hydrogens is 326 g/mol. The van der Waals surface area contributed by atoms with Crippen molar-refractivity contribution in [1.82, 2.24) is 10.6 Å². The first kappa shape index (κ1) is 16.5. The SMILES string of the molecule is COCCNC(=O)C(C)NC(=O)c1ccc(Br)cc1N. The number of hydrogen-bond donors (Lipinski definition) is 3. The summed E-state index contributed by atoms with van der Waals surface area (Å²) < 4.78 is 5.62. The van der Waals surface area contributed by atoms with E-state index in [1.807, 2.05) is 0 Å². The van der Waals surface area contributed by atoms with Crippen LogP contribution in [0.25, 0.3) is 0 Å². The average molecular weight is 344 g/mol. The lowest BCUT2D eigenvalue weighted by Gasteiger charge is -2.14. The van der Waals surface area contributed by atoms with Gasteiger partial charge in [-0.2, -0.15) is 0 Å². The minimum atomic E-state index is -0.651. The lowest BCUT2D eigenvalue weighted by atomic mass is 10.1. The Labute approximate surface area is 126 Å². The first-order chi connectivity index (χ1) is 9.45. The summed E-state index contributed by atoms with van der Waals surface area (Å²) in [6.45, 7) is 2.43. The molecule has 1 aromatic rings. The van der Waals surface area contributed by atoms with Gasteiger partial charge in [0.05, 0.1) is 12.2 Å². The van der Waals surface area contributed by atoms with Crippen molar-refractivity contribution in [3.8, 4) is 0 Å². The van der Waals surface area contributed by atoms with Gasteiger partial charge >= 0.3 is 0 Å². The van der Waals surface area contributed by atoms with Crippen LogP contribution in [0.2, 0.25) is 0 Å². The molecule has 1 unspecified atom stereocenters. The van der Waals surface area contributed by atoms with Crippen LogP contribution in [-0.2, 0) is 9.53 Å². The number of nitrogens with two attached hydrogens (primary N) is 1. The van der Waals surface area contributed by atoms with Crippen molar-refractivity contribution in [2.45, 2.75) is 13.0 Å². The van der Waals surface area contributed by atoms with Crippen molar-refractivity contribution in [1.29, 1.82) is 0 Å². The van der Waals surface area contributed by atoms with Crippen molar-refractivity contribution in [3.63, 3.8) is 0 Å². The molecule has 7 heteroatoms. The number of methoxy groups -OCH3 is 1. The molecule has 0 aliphatic heterocycles. The Morgan fingerprint density at radius 1 is 1.45 bits per heavy atom.